The van der Waals surface area contributed by atoms with Gasteiger partial charge in [-0.15, -0.1) is 0 Å². The summed E-state index contributed by atoms with van der Waals surface area (Å²) in [7, 11) is 0. The third-order valence-corrected chi connectivity index (χ3v) is 4.88. The van der Waals surface area contributed by atoms with Crippen LogP contribution < -0.4 is 0 Å². The van der Waals surface area contributed by atoms with Crippen molar-refractivity contribution in [2.75, 3.05) is 19.6 Å². The van der Waals surface area contributed by atoms with Gasteiger partial charge in [0.05, 0.1) is 0 Å². The highest BCUT2D eigenvalue weighted by Crippen LogP contribution is 2.54. The predicted octanol–water partition coefficient (Wildman–Crippen LogP) is 3.30. The van der Waals surface area contributed by atoms with Gasteiger partial charge in [0.25, 0.3) is 0 Å². The van der Waals surface area contributed by atoms with Crippen LogP contribution in [0.2, 0.25) is 0 Å². The molecule has 2 rings (SSSR count). The molecule has 1 aliphatic carbocycles. The summed E-state index contributed by atoms with van der Waals surface area (Å²) in [5.74, 6) is 0. The van der Waals surface area contributed by atoms with Gasteiger partial charge in [0.15, 0.2) is 0 Å². The molecule has 1 heteroatoms. The molecule has 14 heavy (non-hydrogen) atoms. The fourth-order valence-corrected chi connectivity index (χ4v) is 3.60. The highest BCUT2D eigenvalue weighted by molar-refractivity contribution is 4.99. The smallest absolute Gasteiger partial charge is 0.00385 e. The Kier molecular flexibility index (Phi) is 2.63. The summed E-state index contributed by atoms with van der Waals surface area (Å²) >= 11 is 0. The fourth-order valence-electron chi connectivity index (χ4n) is 3.60. The molecule has 1 heterocycles. The second-order valence-electron chi connectivity index (χ2n) is 5.96. The minimum atomic E-state index is 0.670. The molecule has 2 unspecified atom stereocenters. The van der Waals surface area contributed by atoms with E-state index in [0.29, 0.717) is 5.41 Å². The summed E-state index contributed by atoms with van der Waals surface area (Å²) in [4.78, 5) is 2.64. The van der Waals surface area contributed by atoms with Gasteiger partial charge in [-0.1, -0.05) is 27.2 Å². The number of likely N-dealkylation sites (tertiary alicyclic amines) is 1. The monoisotopic (exact) mass is 195 g/mol. The van der Waals surface area contributed by atoms with Gasteiger partial charge in [0, 0.05) is 6.54 Å². The van der Waals surface area contributed by atoms with Crippen LogP contribution in [0.4, 0.5) is 0 Å². The van der Waals surface area contributed by atoms with Crippen molar-refractivity contribution in [1.82, 2.24) is 4.90 Å². The van der Waals surface area contributed by atoms with Crippen molar-refractivity contribution in [3.05, 3.63) is 0 Å². The SMILES string of the molecule is CCN1CCC2(CCC(C)(CC)C2)C1. The lowest BCUT2D eigenvalue weighted by molar-refractivity contribution is 0.227. The van der Waals surface area contributed by atoms with Gasteiger partial charge >= 0.3 is 0 Å². The number of nitrogens with zero attached hydrogens (tertiary/aromatic N) is 1. The van der Waals surface area contributed by atoms with E-state index in [4.69, 9.17) is 0 Å². The van der Waals surface area contributed by atoms with E-state index in [9.17, 15) is 0 Å². The quantitative estimate of drug-likeness (QED) is 0.653. The van der Waals surface area contributed by atoms with Crippen molar-refractivity contribution in [3.8, 4) is 0 Å². The third-order valence-electron chi connectivity index (χ3n) is 4.88. The molecule has 0 N–H and O–H groups in total. The Balaban J connectivity index is 2.00. The van der Waals surface area contributed by atoms with E-state index in [-0.39, 0.29) is 0 Å². The van der Waals surface area contributed by atoms with Gasteiger partial charge < -0.3 is 4.90 Å². The van der Waals surface area contributed by atoms with Crippen LogP contribution in [-0.4, -0.2) is 24.5 Å². The predicted molar refractivity (Wildman–Crippen MR) is 61.4 cm³/mol. The molecule has 0 amide bonds. The number of hydrogen-bond acceptors (Lipinski definition) is 1. The van der Waals surface area contributed by atoms with E-state index in [1.807, 2.05) is 0 Å². The molecule has 0 aromatic rings. The molecule has 82 valence electrons. The molecule has 1 nitrogen and oxygen atoms in total. The molecule has 1 spiro atoms. The second kappa shape index (κ2) is 3.52. The molecule has 2 fully saturated rings. The highest BCUT2D eigenvalue weighted by atomic mass is 15.1. The van der Waals surface area contributed by atoms with Crippen molar-refractivity contribution < 1.29 is 0 Å². The average Bonchev–Trinajstić information content (AvgIpc) is 2.73. The summed E-state index contributed by atoms with van der Waals surface area (Å²) in [5.41, 5.74) is 1.39. The Morgan fingerprint density at radius 3 is 2.43 bits per heavy atom. The first kappa shape index (κ1) is 10.5. The van der Waals surface area contributed by atoms with E-state index >= 15 is 0 Å². The van der Waals surface area contributed by atoms with Crippen molar-refractivity contribution in [2.24, 2.45) is 10.8 Å². The molecular formula is C13H25N. The van der Waals surface area contributed by atoms with Crippen LogP contribution in [0, 0.1) is 10.8 Å². The normalized spacial score (nSPS) is 43.9. The molecule has 0 radical (unpaired) electrons. The van der Waals surface area contributed by atoms with E-state index in [2.05, 4.69) is 25.7 Å². The van der Waals surface area contributed by atoms with Crippen LogP contribution in [0.3, 0.4) is 0 Å². The Morgan fingerprint density at radius 1 is 1.14 bits per heavy atom. The maximum absolute atomic E-state index is 2.64. The lowest BCUT2D eigenvalue weighted by atomic mass is 9.79. The lowest BCUT2D eigenvalue weighted by Crippen LogP contribution is -2.26. The lowest BCUT2D eigenvalue weighted by Gasteiger charge is -2.28. The maximum atomic E-state index is 2.64. The summed E-state index contributed by atoms with van der Waals surface area (Å²) in [6.07, 6.45) is 7.30. The van der Waals surface area contributed by atoms with Crippen LogP contribution in [-0.2, 0) is 0 Å². The third kappa shape index (κ3) is 1.71. The summed E-state index contributed by atoms with van der Waals surface area (Å²) in [5, 5.41) is 0. The van der Waals surface area contributed by atoms with Crippen LogP contribution in [0.25, 0.3) is 0 Å². The van der Waals surface area contributed by atoms with Crippen LogP contribution in [0.1, 0.15) is 52.9 Å². The minimum Gasteiger partial charge on any atom is -0.303 e. The average molecular weight is 195 g/mol. The summed E-state index contributed by atoms with van der Waals surface area (Å²) in [6.45, 7) is 11.2. The van der Waals surface area contributed by atoms with E-state index in [1.165, 1.54) is 51.7 Å². The van der Waals surface area contributed by atoms with E-state index in [1.54, 1.807) is 0 Å². The molecule has 2 atom stereocenters. The topological polar surface area (TPSA) is 3.24 Å². The zero-order chi connectivity index (χ0) is 10.2. The number of hydrogen-bond donors (Lipinski definition) is 0. The molecule has 1 aliphatic heterocycles. The van der Waals surface area contributed by atoms with Crippen molar-refractivity contribution in [2.45, 2.75) is 52.9 Å². The Labute approximate surface area is 88.9 Å². The molecular weight excluding hydrogens is 170 g/mol. The van der Waals surface area contributed by atoms with Gasteiger partial charge in [0.2, 0.25) is 0 Å². The van der Waals surface area contributed by atoms with Crippen molar-refractivity contribution in [1.29, 1.82) is 0 Å². The minimum absolute atomic E-state index is 0.670. The summed E-state index contributed by atoms with van der Waals surface area (Å²) in [6, 6.07) is 0. The largest absolute Gasteiger partial charge is 0.303 e. The Hall–Kier alpha value is -0.0400. The van der Waals surface area contributed by atoms with Crippen molar-refractivity contribution in [3.63, 3.8) is 0 Å². The summed E-state index contributed by atoms with van der Waals surface area (Å²) < 4.78 is 0. The first-order valence-corrected chi connectivity index (χ1v) is 6.34. The zero-order valence-electron chi connectivity index (χ0n) is 10.1. The van der Waals surface area contributed by atoms with Gasteiger partial charge in [-0.05, 0) is 49.6 Å². The molecule has 0 aromatic carbocycles. The second-order valence-corrected chi connectivity index (χ2v) is 5.96. The standard InChI is InChI=1S/C13H25N/c1-4-12(3)6-7-13(10-12)8-9-14(5-2)11-13/h4-11H2,1-3H3. The van der Waals surface area contributed by atoms with Crippen molar-refractivity contribution >= 4 is 0 Å². The van der Waals surface area contributed by atoms with Crippen LogP contribution >= 0.6 is 0 Å². The fraction of sp³-hybridized carbons (Fsp3) is 1.00. The highest BCUT2D eigenvalue weighted by Gasteiger charge is 2.47. The number of rotatable bonds is 2. The molecule has 1 saturated heterocycles. The molecule has 0 aromatic heterocycles. The van der Waals surface area contributed by atoms with Gasteiger partial charge in [-0.2, -0.15) is 0 Å². The van der Waals surface area contributed by atoms with Gasteiger partial charge in [-0.3, -0.25) is 0 Å². The van der Waals surface area contributed by atoms with E-state index in [0.717, 1.165) is 5.41 Å². The van der Waals surface area contributed by atoms with Gasteiger partial charge in [-0.25, -0.2) is 0 Å². The zero-order valence-corrected chi connectivity index (χ0v) is 10.1. The first-order chi connectivity index (χ1) is 6.61. The Morgan fingerprint density at radius 2 is 1.93 bits per heavy atom. The van der Waals surface area contributed by atoms with Gasteiger partial charge in [0.1, 0.15) is 0 Å². The Bertz CT molecular complexity index is 213. The van der Waals surface area contributed by atoms with Crippen LogP contribution in [0.5, 0.6) is 0 Å². The molecule has 0 bridgehead atoms. The van der Waals surface area contributed by atoms with E-state index < -0.39 is 0 Å². The molecule has 2 aliphatic rings. The molecule has 1 saturated carbocycles. The first-order valence-electron chi connectivity index (χ1n) is 6.34. The maximum Gasteiger partial charge on any atom is 0.00385 e. The van der Waals surface area contributed by atoms with Crippen LogP contribution in [0.15, 0.2) is 0 Å².